The second kappa shape index (κ2) is 5.68. The van der Waals surface area contributed by atoms with Crippen molar-refractivity contribution in [3.05, 3.63) is 34.4 Å². The second-order valence-electron chi connectivity index (χ2n) is 4.78. The maximum Gasteiger partial charge on any atom is 0.407 e. The van der Waals surface area contributed by atoms with Crippen LogP contribution in [0.2, 0.25) is 0 Å². The Morgan fingerprint density at radius 1 is 1.43 bits per heavy atom. The molecular weight excluding hydrogens is 300 g/mol. The Labute approximate surface area is 121 Å². The average molecular weight is 314 g/mol. The van der Waals surface area contributed by atoms with E-state index in [1.54, 1.807) is 0 Å². The summed E-state index contributed by atoms with van der Waals surface area (Å²) in [6.45, 7) is 0.284. The van der Waals surface area contributed by atoms with Crippen LogP contribution in [0.25, 0.3) is 0 Å². The summed E-state index contributed by atoms with van der Waals surface area (Å²) in [5.41, 5.74) is -0.489. The lowest BCUT2D eigenvalue weighted by molar-refractivity contribution is -0.387. The van der Waals surface area contributed by atoms with Crippen LogP contribution in [0.15, 0.2) is 29.2 Å². The fraction of sp³-hybridized carbons (Fsp3) is 0.417. The Morgan fingerprint density at radius 3 is 2.71 bits per heavy atom. The van der Waals surface area contributed by atoms with Crippen LogP contribution in [0.3, 0.4) is 0 Å². The third-order valence-electron chi connectivity index (χ3n) is 3.43. The van der Waals surface area contributed by atoms with Gasteiger partial charge in [0, 0.05) is 18.7 Å². The zero-order valence-electron chi connectivity index (χ0n) is 11.0. The molecule has 0 bridgehead atoms. The summed E-state index contributed by atoms with van der Waals surface area (Å²) in [4.78, 5) is 21.9. The Morgan fingerprint density at radius 2 is 2.10 bits per heavy atom. The Balaban J connectivity index is 2.31. The number of amides is 1. The van der Waals surface area contributed by atoms with E-state index in [1.807, 2.05) is 0 Å². The molecule has 0 spiro atoms. The van der Waals surface area contributed by atoms with Gasteiger partial charge in [-0.2, -0.15) is 0 Å². The quantitative estimate of drug-likeness (QED) is 0.664. The lowest BCUT2D eigenvalue weighted by Crippen LogP contribution is -2.38. The number of nitro groups is 1. The summed E-state index contributed by atoms with van der Waals surface area (Å²) in [5, 5.41) is 19.9. The summed E-state index contributed by atoms with van der Waals surface area (Å²) in [6.07, 6.45) is -0.148. The van der Waals surface area contributed by atoms with Crippen LogP contribution in [0.1, 0.15) is 12.8 Å². The number of hydrogen-bond acceptors (Lipinski definition) is 5. The maximum atomic E-state index is 12.4. The van der Waals surface area contributed by atoms with E-state index in [9.17, 15) is 23.3 Å². The highest BCUT2D eigenvalue weighted by atomic mass is 32.2. The molecule has 1 saturated heterocycles. The number of carboxylic acid groups (broad SMARTS) is 1. The molecule has 8 nitrogen and oxygen atoms in total. The SMILES string of the molecule is O=C(O)N1CCC[C@H]1CS(=O)(=O)c1ccccc1[N+](=O)[O-]. The highest BCUT2D eigenvalue weighted by molar-refractivity contribution is 7.91. The maximum absolute atomic E-state index is 12.4. The standard InChI is InChI=1S/C12H14N2O6S/c15-12(16)13-7-3-4-9(13)8-21(19,20)11-6-2-1-5-10(11)14(17)18/h1-2,5-6,9H,3-4,7-8H2,(H,15,16)/t9-/m0/s1. The summed E-state index contributed by atoms with van der Waals surface area (Å²) < 4.78 is 24.7. The van der Waals surface area contributed by atoms with Gasteiger partial charge in [0.1, 0.15) is 4.90 Å². The highest BCUT2D eigenvalue weighted by Gasteiger charge is 2.35. The number of rotatable bonds is 4. The molecule has 9 heteroatoms. The topological polar surface area (TPSA) is 118 Å². The molecule has 1 aliphatic heterocycles. The molecule has 0 radical (unpaired) electrons. The largest absolute Gasteiger partial charge is 0.465 e. The summed E-state index contributed by atoms with van der Waals surface area (Å²) in [7, 11) is -3.93. The lowest BCUT2D eigenvalue weighted by Gasteiger charge is -2.21. The molecule has 1 aromatic rings. The minimum absolute atomic E-state index is 0.284. The van der Waals surface area contributed by atoms with Crippen LogP contribution in [0, 0.1) is 10.1 Å². The predicted octanol–water partition coefficient (Wildman–Crippen LogP) is 1.51. The molecular formula is C12H14N2O6S. The number of nitro benzene ring substituents is 1. The zero-order chi connectivity index (χ0) is 15.6. The van der Waals surface area contributed by atoms with E-state index in [-0.39, 0.29) is 11.4 Å². The summed E-state index contributed by atoms with van der Waals surface area (Å²) in [6, 6.07) is 4.43. The molecule has 1 N–H and O–H groups in total. The molecule has 2 rings (SSSR count). The number of hydrogen-bond donors (Lipinski definition) is 1. The zero-order valence-corrected chi connectivity index (χ0v) is 11.8. The van der Waals surface area contributed by atoms with Crippen molar-refractivity contribution in [2.24, 2.45) is 0 Å². The number of sulfone groups is 1. The van der Waals surface area contributed by atoms with E-state index in [4.69, 9.17) is 5.11 Å². The molecule has 0 aliphatic carbocycles. The van der Waals surface area contributed by atoms with Crippen LogP contribution >= 0.6 is 0 Å². The molecule has 21 heavy (non-hydrogen) atoms. The van der Waals surface area contributed by atoms with Crippen LogP contribution in [-0.2, 0) is 9.84 Å². The van der Waals surface area contributed by atoms with Gasteiger partial charge in [-0.05, 0) is 18.9 Å². The van der Waals surface area contributed by atoms with Crippen LogP contribution < -0.4 is 0 Å². The van der Waals surface area contributed by atoms with Gasteiger partial charge in [0.05, 0.1) is 10.7 Å². The highest BCUT2D eigenvalue weighted by Crippen LogP contribution is 2.27. The van der Waals surface area contributed by atoms with Crippen molar-refractivity contribution < 1.29 is 23.2 Å². The summed E-state index contributed by atoms with van der Waals surface area (Å²) in [5.74, 6) is -0.440. The monoisotopic (exact) mass is 314 g/mol. The Hall–Kier alpha value is -2.16. The molecule has 1 heterocycles. The van der Waals surface area contributed by atoms with Gasteiger partial charge < -0.3 is 10.0 Å². The number of likely N-dealkylation sites (tertiary alicyclic amines) is 1. The third kappa shape index (κ3) is 3.13. The molecule has 0 saturated carbocycles. The van der Waals surface area contributed by atoms with Gasteiger partial charge >= 0.3 is 6.09 Å². The van der Waals surface area contributed by atoms with Crippen molar-refractivity contribution in [1.82, 2.24) is 4.90 Å². The molecule has 1 atom stereocenters. The minimum Gasteiger partial charge on any atom is -0.465 e. The van der Waals surface area contributed by atoms with Gasteiger partial charge in [-0.25, -0.2) is 13.2 Å². The fourth-order valence-electron chi connectivity index (χ4n) is 2.47. The first-order valence-electron chi connectivity index (χ1n) is 6.28. The first-order valence-corrected chi connectivity index (χ1v) is 7.94. The normalized spacial score (nSPS) is 18.7. The lowest BCUT2D eigenvalue weighted by atomic mass is 10.2. The van der Waals surface area contributed by atoms with Crippen molar-refractivity contribution in [3.8, 4) is 0 Å². The Kier molecular flexibility index (Phi) is 4.12. The molecule has 1 aliphatic rings. The van der Waals surface area contributed by atoms with Crippen molar-refractivity contribution in [3.63, 3.8) is 0 Å². The third-order valence-corrected chi connectivity index (χ3v) is 5.27. The molecule has 0 aromatic heterocycles. The van der Waals surface area contributed by atoms with Crippen molar-refractivity contribution in [2.75, 3.05) is 12.3 Å². The predicted molar refractivity (Wildman–Crippen MR) is 72.9 cm³/mol. The average Bonchev–Trinajstić information content (AvgIpc) is 2.86. The molecule has 1 fully saturated rings. The number of carbonyl (C=O) groups is 1. The fourth-order valence-corrected chi connectivity index (χ4v) is 4.25. The van der Waals surface area contributed by atoms with Crippen LogP contribution in [-0.4, -0.2) is 47.8 Å². The number of nitrogens with zero attached hydrogens (tertiary/aromatic N) is 2. The molecule has 1 amide bonds. The van der Waals surface area contributed by atoms with E-state index < -0.39 is 38.3 Å². The van der Waals surface area contributed by atoms with Gasteiger partial charge in [0.15, 0.2) is 9.84 Å². The first-order chi connectivity index (χ1) is 9.83. The molecule has 114 valence electrons. The van der Waals surface area contributed by atoms with Gasteiger partial charge in [-0.15, -0.1) is 0 Å². The van der Waals surface area contributed by atoms with Gasteiger partial charge in [-0.1, -0.05) is 12.1 Å². The van der Waals surface area contributed by atoms with E-state index >= 15 is 0 Å². The number of benzene rings is 1. The van der Waals surface area contributed by atoms with Gasteiger partial charge in [-0.3, -0.25) is 10.1 Å². The first kappa shape index (κ1) is 15.2. The van der Waals surface area contributed by atoms with Gasteiger partial charge in [0.25, 0.3) is 5.69 Å². The Bertz CT molecular complexity index is 672. The summed E-state index contributed by atoms with van der Waals surface area (Å²) >= 11 is 0. The van der Waals surface area contributed by atoms with E-state index in [0.29, 0.717) is 12.8 Å². The van der Waals surface area contributed by atoms with Crippen LogP contribution in [0.5, 0.6) is 0 Å². The van der Waals surface area contributed by atoms with E-state index in [2.05, 4.69) is 0 Å². The number of para-hydroxylation sites is 1. The van der Waals surface area contributed by atoms with Gasteiger partial charge in [0.2, 0.25) is 0 Å². The van der Waals surface area contributed by atoms with Crippen molar-refractivity contribution in [1.29, 1.82) is 0 Å². The molecule has 0 unspecified atom stereocenters. The minimum atomic E-state index is -3.93. The molecule has 1 aromatic carbocycles. The van der Waals surface area contributed by atoms with Crippen molar-refractivity contribution >= 4 is 21.6 Å². The van der Waals surface area contributed by atoms with Crippen LogP contribution in [0.4, 0.5) is 10.5 Å². The smallest absolute Gasteiger partial charge is 0.407 e. The van der Waals surface area contributed by atoms with Crippen molar-refractivity contribution in [2.45, 2.75) is 23.8 Å². The second-order valence-corrected chi connectivity index (χ2v) is 6.78. The van der Waals surface area contributed by atoms with E-state index in [0.717, 1.165) is 11.0 Å². The van der Waals surface area contributed by atoms with E-state index in [1.165, 1.54) is 18.2 Å².